The first kappa shape index (κ1) is 30.3. The number of rotatable bonds is 7. The zero-order chi connectivity index (χ0) is 28.9. The molecule has 4 rings (SSSR count). The van der Waals surface area contributed by atoms with Crippen molar-refractivity contribution in [3.8, 4) is 12.8 Å². The van der Waals surface area contributed by atoms with Crippen molar-refractivity contribution in [2.75, 3.05) is 31.5 Å². The van der Waals surface area contributed by atoms with E-state index in [4.69, 9.17) is 10.8 Å². The molecule has 11 heteroatoms. The summed E-state index contributed by atoms with van der Waals surface area (Å²) in [7, 11) is 0. The van der Waals surface area contributed by atoms with Crippen molar-refractivity contribution in [2.24, 2.45) is 5.73 Å². The van der Waals surface area contributed by atoms with Crippen LogP contribution in [0.4, 0.5) is 5.69 Å². The fourth-order valence-corrected chi connectivity index (χ4v) is 3.78. The number of piperazine rings is 1. The molecule has 1 aliphatic rings. The molecule has 1 saturated heterocycles. The monoisotopic (exact) mass is 533 g/mol. The molecule has 11 nitrogen and oxygen atoms in total. The van der Waals surface area contributed by atoms with Gasteiger partial charge >= 0.3 is 5.97 Å². The Balaban J connectivity index is 0.000000507. The van der Waals surface area contributed by atoms with E-state index in [2.05, 4.69) is 42.2 Å². The summed E-state index contributed by atoms with van der Waals surface area (Å²) in [4.78, 5) is 64.8. The Morgan fingerprint density at radius 1 is 1.05 bits per heavy atom. The molecule has 3 aromatic rings. The van der Waals surface area contributed by atoms with Crippen molar-refractivity contribution in [2.45, 2.75) is 19.4 Å². The highest BCUT2D eigenvalue weighted by Crippen LogP contribution is 2.26. The lowest BCUT2D eigenvalue weighted by molar-refractivity contribution is -0.138. The number of nitrogens with zero attached hydrogens (tertiary/aromatic N) is 2. The third-order valence-electron chi connectivity index (χ3n) is 5.83. The van der Waals surface area contributed by atoms with Crippen LogP contribution in [0.3, 0.4) is 0 Å². The number of benzene rings is 2. The number of fused-ring (bicyclic) bond motifs is 1. The van der Waals surface area contributed by atoms with Crippen LogP contribution >= 0.6 is 0 Å². The number of nitrogens with one attached hydrogen (secondary N) is 2. The number of aryl methyl sites for hydroxylation is 1. The Hall–Kier alpha value is -4.95. The van der Waals surface area contributed by atoms with Crippen LogP contribution in [-0.2, 0) is 19.2 Å². The Bertz CT molecular complexity index is 1330. The Labute approximate surface area is 226 Å². The van der Waals surface area contributed by atoms with E-state index in [9.17, 15) is 24.0 Å². The molecule has 1 unspecified atom stereocenters. The second-order valence-corrected chi connectivity index (χ2v) is 8.54. The van der Waals surface area contributed by atoms with E-state index in [1.54, 1.807) is 18.2 Å². The molecular formula is C28H31N5O6. The quantitative estimate of drug-likeness (QED) is 0.155. The van der Waals surface area contributed by atoms with Crippen LogP contribution in [-0.4, -0.2) is 82.1 Å². The number of para-hydroxylation sites is 1. The van der Waals surface area contributed by atoms with Gasteiger partial charge in [-0.05, 0) is 13.0 Å². The molecule has 0 saturated carbocycles. The zero-order valence-corrected chi connectivity index (χ0v) is 21.5. The number of carbonyl (C=O) groups is 5. The fraction of sp³-hybridized carbons (Fsp3) is 0.250. The van der Waals surface area contributed by atoms with Gasteiger partial charge in [0.1, 0.15) is 0 Å². The van der Waals surface area contributed by atoms with E-state index in [-0.39, 0.29) is 18.7 Å². The Morgan fingerprint density at radius 3 is 2.23 bits per heavy atom. The van der Waals surface area contributed by atoms with Crippen LogP contribution in [0, 0.1) is 19.8 Å². The van der Waals surface area contributed by atoms with E-state index >= 15 is 0 Å². The molecule has 2 aromatic carbocycles. The van der Waals surface area contributed by atoms with Crippen LogP contribution in [0.1, 0.15) is 22.3 Å². The third kappa shape index (κ3) is 8.28. The average Bonchev–Trinajstić information content (AvgIpc) is 3.39. The van der Waals surface area contributed by atoms with Gasteiger partial charge in [0.25, 0.3) is 11.7 Å². The number of amides is 3. The molecular weight excluding hydrogens is 502 g/mol. The van der Waals surface area contributed by atoms with Gasteiger partial charge < -0.3 is 30.9 Å². The molecule has 0 spiro atoms. The highest BCUT2D eigenvalue weighted by molar-refractivity contribution is 6.45. The van der Waals surface area contributed by atoms with Gasteiger partial charge in [0.2, 0.25) is 12.3 Å². The number of aliphatic carboxylic acids is 1. The molecule has 5 N–H and O–H groups in total. The predicted molar refractivity (Wildman–Crippen MR) is 147 cm³/mol. The maximum Gasteiger partial charge on any atom is 0.305 e. The van der Waals surface area contributed by atoms with Crippen LogP contribution in [0.15, 0.2) is 54.7 Å². The lowest BCUT2D eigenvalue weighted by Gasteiger charge is -2.32. The van der Waals surface area contributed by atoms with Crippen molar-refractivity contribution in [3.63, 3.8) is 0 Å². The number of anilines is 1. The third-order valence-corrected chi connectivity index (χ3v) is 5.83. The van der Waals surface area contributed by atoms with E-state index in [0.717, 1.165) is 0 Å². The van der Waals surface area contributed by atoms with Gasteiger partial charge in [-0.2, -0.15) is 0 Å². The number of Topliss-reactive ketones (excluding diaryl/α,β-unsaturated/α-hetero) is 1. The lowest BCUT2D eigenvalue weighted by atomic mass is 10.1. The number of aromatic nitrogens is 1. The summed E-state index contributed by atoms with van der Waals surface area (Å²) in [6, 6.07) is 13.8. The van der Waals surface area contributed by atoms with Crippen LogP contribution in [0.5, 0.6) is 0 Å². The first-order valence-corrected chi connectivity index (χ1v) is 12.0. The fourth-order valence-electron chi connectivity index (χ4n) is 3.78. The second-order valence-electron chi connectivity index (χ2n) is 8.54. The molecule has 1 aromatic heterocycles. The molecule has 39 heavy (non-hydrogen) atoms. The molecule has 1 fully saturated rings. The minimum Gasteiger partial charge on any atom is -0.481 e. The molecule has 0 aliphatic carbocycles. The van der Waals surface area contributed by atoms with Gasteiger partial charge in [-0.1, -0.05) is 48.0 Å². The first-order valence-electron chi connectivity index (χ1n) is 12.0. The highest BCUT2D eigenvalue weighted by Gasteiger charge is 2.28. The van der Waals surface area contributed by atoms with Crippen molar-refractivity contribution < 1.29 is 29.1 Å². The SMILES string of the molecule is C#C.Cc1ccccc1.NC(CC(=O)O)C(=O)Nc1cccc2c(C(=O)C(=O)N3CCN(C=O)CC3)c[nH]c12. The number of hydrogen-bond donors (Lipinski definition) is 4. The number of H-pyrrole nitrogens is 1. The van der Waals surface area contributed by atoms with E-state index in [1.807, 2.05) is 18.2 Å². The van der Waals surface area contributed by atoms with Gasteiger partial charge in [-0.25, -0.2) is 0 Å². The summed E-state index contributed by atoms with van der Waals surface area (Å²) in [6.45, 7) is 3.36. The topological polar surface area (TPSA) is 166 Å². The van der Waals surface area contributed by atoms with Gasteiger partial charge in [-0.3, -0.25) is 24.0 Å². The smallest absolute Gasteiger partial charge is 0.305 e. The minimum absolute atomic E-state index is 0.152. The summed E-state index contributed by atoms with van der Waals surface area (Å²) >= 11 is 0. The largest absolute Gasteiger partial charge is 0.481 e. The maximum absolute atomic E-state index is 12.8. The number of terminal acetylenes is 1. The summed E-state index contributed by atoms with van der Waals surface area (Å²) < 4.78 is 0. The van der Waals surface area contributed by atoms with Crippen LogP contribution in [0.25, 0.3) is 10.9 Å². The average molecular weight is 534 g/mol. The number of aromatic amines is 1. The Kier molecular flexibility index (Phi) is 11.4. The van der Waals surface area contributed by atoms with Gasteiger partial charge in [0.15, 0.2) is 0 Å². The van der Waals surface area contributed by atoms with Gasteiger partial charge in [-0.15, -0.1) is 12.8 Å². The summed E-state index contributed by atoms with van der Waals surface area (Å²) in [5.41, 5.74) is 7.77. The maximum atomic E-state index is 12.8. The van der Waals surface area contributed by atoms with Crippen molar-refractivity contribution in [3.05, 3.63) is 65.9 Å². The standard InChI is InChI=1S/C19H21N5O6.C7H8.C2H2/c20-13(8-15(26)27)18(29)22-14-3-1-2-11-12(9-21-16(11)14)17(28)19(30)24-6-4-23(10-25)5-7-24;1-7-5-3-2-4-6-7;1-2/h1-3,9-10,13,21H,4-8,20H2,(H,22,29)(H,26,27);2-6H,1H3;1-2H. The number of hydrogen-bond acceptors (Lipinski definition) is 6. The zero-order valence-electron chi connectivity index (χ0n) is 21.5. The number of nitrogens with two attached hydrogens (primary N) is 1. The summed E-state index contributed by atoms with van der Waals surface area (Å²) in [6.07, 6.45) is 9.57. The van der Waals surface area contributed by atoms with E-state index in [1.165, 1.54) is 21.6 Å². The highest BCUT2D eigenvalue weighted by atomic mass is 16.4. The molecule has 3 amide bonds. The minimum atomic E-state index is -1.24. The molecule has 1 atom stereocenters. The molecule has 0 radical (unpaired) electrons. The molecule has 204 valence electrons. The van der Waals surface area contributed by atoms with Crippen molar-refractivity contribution in [1.29, 1.82) is 0 Å². The summed E-state index contributed by atoms with van der Waals surface area (Å²) in [5.74, 6) is -3.25. The number of carboxylic acid groups (broad SMARTS) is 1. The van der Waals surface area contributed by atoms with Gasteiger partial charge in [0, 0.05) is 37.8 Å². The van der Waals surface area contributed by atoms with Gasteiger partial charge in [0.05, 0.1) is 29.2 Å². The van der Waals surface area contributed by atoms with Crippen molar-refractivity contribution in [1.82, 2.24) is 14.8 Å². The lowest BCUT2D eigenvalue weighted by Crippen LogP contribution is -2.50. The van der Waals surface area contributed by atoms with Crippen molar-refractivity contribution >= 4 is 46.6 Å². The first-order chi connectivity index (χ1) is 18.7. The number of carboxylic acids is 1. The number of carbonyl (C=O) groups excluding carboxylic acids is 4. The number of ketones is 1. The summed E-state index contributed by atoms with van der Waals surface area (Å²) in [5, 5.41) is 11.7. The Morgan fingerprint density at radius 2 is 1.69 bits per heavy atom. The predicted octanol–water partition coefficient (Wildman–Crippen LogP) is 1.64. The van der Waals surface area contributed by atoms with Crippen LogP contribution in [0.2, 0.25) is 0 Å². The molecule has 1 aliphatic heterocycles. The van der Waals surface area contributed by atoms with Crippen LogP contribution < -0.4 is 11.1 Å². The second kappa shape index (κ2) is 14.7. The molecule has 2 heterocycles. The molecule has 0 bridgehead atoms. The normalized spacial score (nSPS) is 13.1. The van der Waals surface area contributed by atoms with E-state index < -0.39 is 36.0 Å². The van der Waals surface area contributed by atoms with E-state index in [0.29, 0.717) is 36.1 Å².